The van der Waals surface area contributed by atoms with Crippen LogP contribution >= 0.6 is 11.8 Å². The second kappa shape index (κ2) is 9.80. The molecule has 146 valence electrons. The number of thioether (sulfide) groups is 1. The van der Waals surface area contributed by atoms with E-state index in [1.54, 1.807) is 6.92 Å². The van der Waals surface area contributed by atoms with Crippen molar-refractivity contribution < 1.29 is 23.1 Å². The Bertz CT molecular complexity index is 911. The Morgan fingerprint density at radius 2 is 1.96 bits per heavy atom. The van der Waals surface area contributed by atoms with Crippen molar-refractivity contribution in [1.82, 2.24) is 4.98 Å². The summed E-state index contributed by atoms with van der Waals surface area (Å²) in [5.41, 5.74) is 0.480. The Morgan fingerprint density at radius 1 is 1.29 bits per heavy atom. The molecule has 5 nitrogen and oxygen atoms in total. The summed E-state index contributed by atoms with van der Waals surface area (Å²) in [4.78, 5) is 27.6. The van der Waals surface area contributed by atoms with Crippen molar-refractivity contribution in [3.8, 4) is 0 Å². The lowest BCUT2D eigenvalue weighted by atomic mass is 10.0. The van der Waals surface area contributed by atoms with Crippen LogP contribution in [0.15, 0.2) is 54.7 Å². The topological polar surface area (TPSA) is 68.3 Å². The lowest BCUT2D eigenvalue weighted by Gasteiger charge is -2.14. The molecule has 0 saturated carbocycles. The van der Waals surface area contributed by atoms with E-state index in [9.17, 15) is 18.4 Å². The van der Waals surface area contributed by atoms with E-state index in [-0.39, 0.29) is 27.6 Å². The third kappa shape index (κ3) is 5.26. The Labute approximate surface area is 165 Å². The van der Waals surface area contributed by atoms with Crippen LogP contribution in [0.2, 0.25) is 0 Å². The van der Waals surface area contributed by atoms with Gasteiger partial charge in [0.2, 0.25) is 5.91 Å². The summed E-state index contributed by atoms with van der Waals surface area (Å²) in [7, 11) is 1.23. The molecule has 0 aliphatic rings. The smallest absolute Gasteiger partial charge is 0.340 e. The minimum atomic E-state index is -0.689. The molecule has 1 aromatic carbocycles. The zero-order valence-corrected chi connectivity index (χ0v) is 16.1. The van der Waals surface area contributed by atoms with Crippen LogP contribution in [0.5, 0.6) is 0 Å². The summed E-state index contributed by atoms with van der Waals surface area (Å²) in [5, 5.41) is 3.64. The number of hydrogen-bond acceptors (Lipinski definition) is 5. The number of carbonyl (C=O) groups is 2. The Hall–Kier alpha value is -3.00. The predicted molar refractivity (Wildman–Crippen MR) is 106 cm³/mol. The highest BCUT2D eigenvalue weighted by Crippen LogP contribution is 2.30. The highest BCUT2D eigenvalue weighted by molar-refractivity contribution is 8.03. The fourth-order valence-corrected chi connectivity index (χ4v) is 2.99. The number of ether oxygens (including phenoxy) is 1. The van der Waals surface area contributed by atoms with Gasteiger partial charge in [0.1, 0.15) is 11.6 Å². The molecule has 1 amide bonds. The monoisotopic (exact) mass is 404 g/mol. The second-order valence-corrected chi connectivity index (χ2v) is 6.86. The van der Waals surface area contributed by atoms with Gasteiger partial charge < -0.3 is 10.1 Å². The number of nitrogens with one attached hydrogen (secondary N) is 1. The molecule has 2 aromatic rings. The van der Waals surface area contributed by atoms with Crippen LogP contribution in [0.3, 0.4) is 0 Å². The number of carbonyl (C=O) groups excluding carboxylic acids is 2. The number of hydrogen-bond donors (Lipinski definition) is 1. The van der Waals surface area contributed by atoms with Crippen LogP contribution in [-0.4, -0.2) is 29.2 Å². The van der Waals surface area contributed by atoms with Gasteiger partial charge >= 0.3 is 5.97 Å². The third-order valence-electron chi connectivity index (χ3n) is 3.76. The fraction of sp³-hybridized carbons (Fsp3) is 0.150. The molecular formula is C20H18F2N2O3S. The van der Waals surface area contributed by atoms with Gasteiger partial charge in [0, 0.05) is 23.1 Å². The summed E-state index contributed by atoms with van der Waals surface area (Å²) in [6.45, 7) is 5.48. The maximum atomic E-state index is 13.9. The number of anilines is 1. The van der Waals surface area contributed by atoms with Crippen molar-refractivity contribution in [2.45, 2.75) is 12.2 Å². The molecule has 0 fully saturated rings. The summed E-state index contributed by atoms with van der Waals surface area (Å²) in [5.74, 6) is -2.48. The molecule has 1 atom stereocenters. The highest BCUT2D eigenvalue weighted by atomic mass is 32.2. The van der Waals surface area contributed by atoms with Crippen LogP contribution in [-0.2, 0) is 9.53 Å². The van der Waals surface area contributed by atoms with Gasteiger partial charge in [-0.1, -0.05) is 12.6 Å². The van der Waals surface area contributed by atoms with Crippen molar-refractivity contribution in [1.29, 1.82) is 0 Å². The Kier molecular flexibility index (Phi) is 7.45. The molecule has 0 saturated heterocycles. The number of halogens is 2. The highest BCUT2D eigenvalue weighted by Gasteiger charge is 2.17. The van der Waals surface area contributed by atoms with E-state index in [0.29, 0.717) is 0 Å². The molecule has 0 radical (unpaired) electrons. The van der Waals surface area contributed by atoms with E-state index < -0.39 is 23.5 Å². The fourth-order valence-electron chi connectivity index (χ4n) is 2.27. The lowest BCUT2D eigenvalue weighted by Crippen LogP contribution is -2.13. The van der Waals surface area contributed by atoms with Gasteiger partial charge in [-0.25, -0.2) is 13.6 Å². The Morgan fingerprint density at radius 3 is 2.61 bits per heavy atom. The van der Waals surface area contributed by atoms with Crippen molar-refractivity contribution in [3.63, 3.8) is 0 Å². The average molecular weight is 404 g/mol. The number of benzene rings is 1. The first-order valence-electron chi connectivity index (χ1n) is 8.13. The molecule has 1 heterocycles. The minimum absolute atomic E-state index is 0.168. The molecule has 8 heteroatoms. The zero-order valence-electron chi connectivity index (χ0n) is 15.2. The van der Waals surface area contributed by atoms with Gasteiger partial charge in [0.15, 0.2) is 0 Å². The third-order valence-corrected chi connectivity index (χ3v) is 4.75. The number of nitrogens with zero attached hydrogens (tertiary/aromatic N) is 1. The van der Waals surface area contributed by atoms with Crippen LogP contribution < -0.4 is 5.32 Å². The normalized spacial score (nSPS) is 11.9. The summed E-state index contributed by atoms with van der Waals surface area (Å²) in [6, 6.07) is 5.04. The standard InChI is InChI=1S/C20H18F2N2O3S/c1-12(19-15(21)5-4-6-16(19)22)13(2)28-10-8-18(25)24-17-11-23-9-7-14(17)20(26)27-3/h4-11,13H,1H2,2-3H3,(H,24,25)/b10-8+/t13-/m1/s1. The van der Waals surface area contributed by atoms with Crippen molar-refractivity contribution in [2.75, 3.05) is 12.4 Å². The molecule has 1 aromatic heterocycles. The van der Waals surface area contributed by atoms with Crippen LogP contribution in [0.25, 0.3) is 5.57 Å². The first-order valence-corrected chi connectivity index (χ1v) is 9.08. The summed E-state index contributed by atoms with van der Waals surface area (Å²) in [6.07, 6.45) is 3.97. The number of pyridine rings is 1. The first-order chi connectivity index (χ1) is 13.3. The summed E-state index contributed by atoms with van der Waals surface area (Å²) >= 11 is 1.17. The number of aromatic nitrogens is 1. The van der Waals surface area contributed by atoms with Crippen molar-refractivity contribution in [3.05, 3.63) is 77.5 Å². The van der Waals surface area contributed by atoms with E-state index in [1.807, 2.05) is 0 Å². The predicted octanol–water partition coefficient (Wildman–Crippen LogP) is 4.43. The maximum absolute atomic E-state index is 13.9. The molecule has 1 N–H and O–H groups in total. The van der Waals surface area contributed by atoms with Crippen LogP contribution in [0.1, 0.15) is 22.8 Å². The van der Waals surface area contributed by atoms with Gasteiger partial charge in [0.25, 0.3) is 0 Å². The first kappa shape index (κ1) is 21.3. The second-order valence-electron chi connectivity index (χ2n) is 5.61. The van der Waals surface area contributed by atoms with Crippen LogP contribution in [0.4, 0.5) is 14.5 Å². The number of esters is 1. The zero-order chi connectivity index (χ0) is 20.7. The molecule has 0 unspecified atom stereocenters. The quantitative estimate of drug-likeness (QED) is 0.546. The van der Waals surface area contributed by atoms with E-state index in [1.165, 1.54) is 54.9 Å². The van der Waals surface area contributed by atoms with E-state index >= 15 is 0 Å². The van der Waals surface area contributed by atoms with Gasteiger partial charge in [-0.05, 0) is 36.1 Å². The Balaban J connectivity index is 2.00. The van der Waals surface area contributed by atoms with Crippen molar-refractivity contribution in [2.24, 2.45) is 0 Å². The average Bonchev–Trinajstić information content (AvgIpc) is 2.67. The minimum Gasteiger partial charge on any atom is -0.465 e. The number of amides is 1. The molecule has 2 rings (SSSR count). The van der Waals surface area contributed by atoms with Gasteiger partial charge in [-0.3, -0.25) is 9.78 Å². The molecule has 0 aliphatic heterocycles. The maximum Gasteiger partial charge on any atom is 0.340 e. The van der Waals surface area contributed by atoms with Crippen LogP contribution in [0, 0.1) is 11.6 Å². The van der Waals surface area contributed by atoms with Gasteiger partial charge in [-0.2, -0.15) is 0 Å². The summed E-state index contributed by atoms with van der Waals surface area (Å²) < 4.78 is 32.3. The number of methoxy groups -OCH3 is 1. The van der Waals surface area contributed by atoms with E-state index in [4.69, 9.17) is 0 Å². The van der Waals surface area contributed by atoms with Gasteiger partial charge in [0.05, 0.1) is 24.6 Å². The molecule has 0 bridgehead atoms. The SMILES string of the molecule is C=C(c1c(F)cccc1F)[C@@H](C)S/C=C/C(=O)Nc1cnccc1C(=O)OC. The van der Waals surface area contributed by atoms with E-state index in [0.717, 1.165) is 12.1 Å². The van der Waals surface area contributed by atoms with Gasteiger partial charge in [-0.15, -0.1) is 11.8 Å². The van der Waals surface area contributed by atoms with E-state index in [2.05, 4.69) is 21.6 Å². The van der Waals surface area contributed by atoms with Crippen molar-refractivity contribution >= 4 is 34.9 Å². The molecular weight excluding hydrogens is 386 g/mol. The number of rotatable bonds is 7. The molecule has 0 aliphatic carbocycles. The largest absolute Gasteiger partial charge is 0.465 e. The lowest BCUT2D eigenvalue weighted by molar-refractivity contribution is -0.111. The molecule has 0 spiro atoms. The molecule has 28 heavy (non-hydrogen) atoms.